The van der Waals surface area contributed by atoms with E-state index in [2.05, 4.69) is 13.8 Å². The van der Waals surface area contributed by atoms with Gasteiger partial charge in [0, 0.05) is 12.7 Å². The normalized spacial score (nSPS) is 12.0. The molecule has 1 unspecified atom stereocenters. The average molecular weight is 247 g/mol. The molecule has 1 rings (SSSR count). The van der Waals surface area contributed by atoms with Gasteiger partial charge in [-0.05, 0) is 37.0 Å². The molecule has 0 bridgehead atoms. The fraction of sp³-hybridized carbons (Fsp3) is 0.467. The first-order chi connectivity index (χ1) is 8.45. The van der Waals surface area contributed by atoms with Gasteiger partial charge in [-0.1, -0.05) is 26.0 Å². The zero-order valence-electron chi connectivity index (χ0n) is 11.6. The molecule has 0 fully saturated rings. The smallest absolute Gasteiger partial charge is 0.234 e. The predicted octanol–water partition coefficient (Wildman–Crippen LogP) is 3.14. The van der Waals surface area contributed by atoms with Crippen LogP contribution in [0.3, 0.4) is 0 Å². The molecule has 0 saturated carbocycles. The van der Waals surface area contributed by atoms with E-state index in [1.54, 1.807) is 7.05 Å². The molecule has 0 aliphatic rings. The SMILES string of the molecule is CCC(C)c1ccc(N(C)C(=O)CC(C)=O)cc1. The molecule has 1 amide bonds. The third kappa shape index (κ3) is 3.69. The lowest BCUT2D eigenvalue weighted by Gasteiger charge is -2.18. The van der Waals surface area contributed by atoms with Crippen LogP contribution in [-0.4, -0.2) is 18.7 Å². The maximum absolute atomic E-state index is 11.7. The monoisotopic (exact) mass is 247 g/mol. The van der Waals surface area contributed by atoms with Gasteiger partial charge in [-0.15, -0.1) is 0 Å². The molecule has 0 aliphatic heterocycles. The highest BCUT2D eigenvalue weighted by Crippen LogP contribution is 2.22. The standard InChI is InChI=1S/C15H21NO2/c1-5-11(2)13-6-8-14(9-7-13)16(4)15(18)10-12(3)17/h6-9,11H,5,10H2,1-4H3. The predicted molar refractivity (Wildman–Crippen MR) is 73.9 cm³/mol. The van der Waals surface area contributed by atoms with Crippen LogP contribution in [0.1, 0.15) is 45.1 Å². The molecule has 18 heavy (non-hydrogen) atoms. The van der Waals surface area contributed by atoms with Gasteiger partial charge in [0.1, 0.15) is 5.78 Å². The fourth-order valence-corrected chi connectivity index (χ4v) is 1.74. The van der Waals surface area contributed by atoms with Crippen molar-refractivity contribution in [3.8, 4) is 0 Å². The Balaban J connectivity index is 2.78. The minimum absolute atomic E-state index is 0.0381. The minimum Gasteiger partial charge on any atom is -0.315 e. The van der Waals surface area contributed by atoms with E-state index in [-0.39, 0.29) is 18.1 Å². The van der Waals surface area contributed by atoms with Gasteiger partial charge < -0.3 is 4.90 Å². The Hall–Kier alpha value is -1.64. The highest BCUT2D eigenvalue weighted by Gasteiger charge is 2.13. The number of nitrogens with zero attached hydrogens (tertiary/aromatic N) is 1. The number of ketones is 1. The van der Waals surface area contributed by atoms with Gasteiger partial charge in [0.25, 0.3) is 0 Å². The first-order valence-electron chi connectivity index (χ1n) is 6.31. The molecule has 0 heterocycles. The summed E-state index contributed by atoms with van der Waals surface area (Å²) >= 11 is 0. The van der Waals surface area contributed by atoms with E-state index in [1.807, 2.05) is 24.3 Å². The molecule has 0 spiro atoms. The fourth-order valence-electron chi connectivity index (χ4n) is 1.74. The Kier molecular flexibility index (Phi) is 5.08. The van der Waals surface area contributed by atoms with Crippen molar-refractivity contribution in [2.45, 2.75) is 39.5 Å². The molecule has 0 aromatic heterocycles. The van der Waals surface area contributed by atoms with Crippen LogP contribution in [0.5, 0.6) is 0 Å². The van der Waals surface area contributed by atoms with Crippen molar-refractivity contribution >= 4 is 17.4 Å². The van der Waals surface area contributed by atoms with E-state index in [0.29, 0.717) is 5.92 Å². The third-order valence-electron chi connectivity index (χ3n) is 3.24. The number of Topliss-reactive ketones (excluding diaryl/α,β-unsaturated/α-hetero) is 1. The number of amides is 1. The van der Waals surface area contributed by atoms with Gasteiger partial charge in [0.2, 0.25) is 5.91 Å². The summed E-state index contributed by atoms with van der Waals surface area (Å²) in [4.78, 5) is 24.2. The molecule has 1 aromatic carbocycles. The second kappa shape index (κ2) is 6.34. The van der Waals surface area contributed by atoms with E-state index in [0.717, 1.165) is 12.1 Å². The quantitative estimate of drug-likeness (QED) is 0.750. The number of hydrogen-bond donors (Lipinski definition) is 0. The van der Waals surface area contributed by atoms with Crippen molar-refractivity contribution in [3.63, 3.8) is 0 Å². The summed E-state index contributed by atoms with van der Waals surface area (Å²) in [6.07, 6.45) is 1.06. The minimum atomic E-state index is -0.168. The molecule has 0 saturated heterocycles. The Morgan fingerprint density at radius 1 is 1.22 bits per heavy atom. The Bertz CT molecular complexity index is 423. The summed E-state index contributed by atoms with van der Waals surface area (Å²) < 4.78 is 0. The topological polar surface area (TPSA) is 37.4 Å². The molecule has 1 atom stereocenters. The number of carbonyl (C=O) groups is 2. The zero-order chi connectivity index (χ0) is 13.7. The van der Waals surface area contributed by atoms with Gasteiger partial charge >= 0.3 is 0 Å². The van der Waals surface area contributed by atoms with Gasteiger partial charge in [-0.2, -0.15) is 0 Å². The van der Waals surface area contributed by atoms with Crippen molar-refractivity contribution in [1.29, 1.82) is 0 Å². The van der Waals surface area contributed by atoms with Crippen molar-refractivity contribution in [1.82, 2.24) is 0 Å². The summed E-state index contributed by atoms with van der Waals surface area (Å²) in [6.45, 7) is 5.76. The summed E-state index contributed by atoms with van der Waals surface area (Å²) in [5.74, 6) is 0.249. The highest BCUT2D eigenvalue weighted by molar-refractivity contribution is 6.04. The first-order valence-corrected chi connectivity index (χ1v) is 6.31. The molecule has 1 aromatic rings. The third-order valence-corrected chi connectivity index (χ3v) is 3.24. The number of rotatable bonds is 5. The number of hydrogen-bond acceptors (Lipinski definition) is 2. The molecule has 0 aliphatic carbocycles. The van der Waals surface area contributed by atoms with Gasteiger partial charge in [0.05, 0.1) is 6.42 Å². The van der Waals surface area contributed by atoms with Crippen LogP contribution < -0.4 is 4.90 Å². The summed E-state index contributed by atoms with van der Waals surface area (Å²) in [7, 11) is 1.70. The lowest BCUT2D eigenvalue weighted by molar-refractivity contribution is -0.125. The van der Waals surface area contributed by atoms with Crippen molar-refractivity contribution in [2.24, 2.45) is 0 Å². The van der Waals surface area contributed by atoms with Gasteiger partial charge in [-0.3, -0.25) is 9.59 Å². The number of carbonyl (C=O) groups excluding carboxylic acids is 2. The average Bonchev–Trinajstić information content (AvgIpc) is 2.36. The summed E-state index contributed by atoms with van der Waals surface area (Å²) in [6, 6.07) is 7.95. The molecule has 3 heteroatoms. The number of anilines is 1. The Morgan fingerprint density at radius 2 is 1.78 bits per heavy atom. The van der Waals surface area contributed by atoms with E-state index < -0.39 is 0 Å². The van der Waals surface area contributed by atoms with Crippen LogP contribution >= 0.6 is 0 Å². The summed E-state index contributed by atoms with van der Waals surface area (Å²) in [5, 5.41) is 0. The van der Waals surface area contributed by atoms with E-state index in [1.165, 1.54) is 17.4 Å². The maximum atomic E-state index is 11.7. The largest absolute Gasteiger partial charge is 0.315 e. The molecule has 98 valence electrons. The Morgan fingerprint density at radius 3 is 2.22 bits per heavy atom. The molecule has 0 radical (unpaired) electrons. The van der Waals surface area contributed by atoms with Crippen LogP contribution in [0.4, 0.5) is 5.69 Å². The second-order valence-electron chi connectivity index (χ2n) is 4.73. The lowest BCUT2D eigenvalue weighted by Crippen LogP contribution is -2.27. The van der Waals surface area contributed by atoms with Crippen LogP contribution in [-0.2, 0) is 9.59 Å². The van der Waals surface area contributed by atoms with Crippen molar-refractivity contribution < 1.29 is 9.59 Å². The first kappa shape index (κ1) is 14.4. The lowest BCUT2D eigenvalue weighted by atomic mass is 9.98. The second-order valence-corrected chi connectivity index (χ2v) is 4.73. The van der Waals surface area contributed by atoms with E-state index >= 15 is 0 Å². The zero-order valence-corrected chi connectivity index (χ0v) is 11.6. The van der Waals surface area contributed by atoms with Gasteiger partial charge in [-0.25, -0.2) is 0 Å². The Labute approximate surface area is 109 Å². The maximum Gasteiger partial charge on any atom is 0.234 e. The van der Waals surface area contributed by atoms with Gasteiger partial charge in [0.15, 0.2) is 0 Å². The van der Waals surface area contributed by atoms with Crippen molar-refractivity contribution in [3.05, 3.63) is 29.8 Å². The van der Waals surface area contributed by atoms with Crippen LogP contribution in [0.25, 0.3) is 0 Å². The highest BCUT2D eigenvalue weighted by atomic mass is 16.2. The van der Waals surface area contributed by atoms with Crippen LogP contribution in [0.15, 0.2) is 24.3 Å². The number of benzene rings is 1. The van der Waals surface area contributed by atoms with Crippen LogP contribution in [0.2, 0.25) is 0 Å². The summed E-state index contributed by atoms with van der Waals surface area (Å²) in [5.41, 5.74) is 2.10. The van der Waals surface area contributed by atoms with Crippen molar-refractivity contribution in [2.75, 3.05) is 11.9 Å². The molecule has 0 N–H and O–H groups in total. The van der Waals surface area contributed by atoms with E-state index in [9.17, 15) is 9.59 Å². The molecular formula is C15H21NO2. The molecular weight excluding hydrogens is 226 g/mol. The van der Waals surface area contributed by atoms with E-state index in [4.69, 9.17) is 0 Å². The van der Waals surface area contributed by atoms with Crippen LogP contribution in [0, 0.1) is 0 Å². The molecule has 3 nitrogen and oxygen atoms in total.